The first-order valence-electron chi connectivity index (χ1n) is 11.7. The molecule has 1 saturated heterocycles. The lowest BCUT2D eigenvalue weighted by atomic mass is 10.0. The lowest BCUT2D eigenvalue weighted by Gasteiger charge is -2.35. The number of aliphatic carboxylic acids is 1. The van der Waals surface area contributed by atoms with E-state index in [0.717, 1.165) is 11.1 Å². The second kappa shape index (κ2) is 11.4. The number of carboxylic acids is 1. The van der Waals surface area contributed by atoms with Crippen LogP contribution in [-0.4, -0.2) is 81.1 Å². The van der Waals surface area contributed by atoms with Gasteiger partial charge in [0.25, 0.3) is 5.91 Å². The van der Waals surface area contributed by atoms with Gasteiger partial charge in [0.15, 0.2) is 0 Å². The molecule has 11 heteroatoms. The van der Waals surface area contributed by atoms with Crippen molar-refractivity contribution in [3.8, 4) is 22.4 Å². The number of hydrogen-bond acceptors (Lipinski definition) is 6. The summed E-state index contributed by atoms with van der Waals surface area (Å²) in [4.78, 5) is 56.1. The Morgan fingerprint density at radius 3 is 2.24 bits per heavy atom. The first-order valence-corrected chi connectivity index (χ1v) is 11.7. The molecule has 4 rings (SSSR count). The van der Waals surface area contributed by atoms with E-state index in [1.54, 1.807) is 18.4 Å². The zero-order chi connectivity index (χ0) is 26.4. The Labute approximate surface area is 212 Å². The fourth-order valence-electron chi connectivity index (χ4n) is 4.09. The monoisotopic (exact) mass is 506 g/mol. The second-order valence-electron chi connectivity index (χ2n) is 8.56. The highest BCUT2D eigenvalue weighted by Gasteiger charge is 2.31. The molecule has 0 spiro atoms. The quantitative estimate of drug-likeness (QED) is 0.422. The lowest BCUT2D eigenvalue weighted by molar-refractivity contribution is -0.138. The van der Waals surface area contributed by atoms with Crippen molar-refractivity contribution in [3.05, 3.63) is 66.8 Å². The first-order chi connectivity index (χ1) is 17.8. The molecule has 1 fully saturated rings. The van der Waals surface area contributed by atoms with Crippen LogP contribution in [0.5, 0.6) is 0 Å². The van der Waals surface area contributed by atoms with Gasteiger partial charge in [-0.2, -0.15) is 0 Å². The molecule has 1 atom stereocenters. The molecule has 192 valence electrons. The Bertz CT molecular complexity index is 1270. The summed E-state index contributed by atoms with van der Waals surface area (Å²) in [5.41, 5.74) is 2.81. The van der Waals surface area contributed by atoms with Crippen molar-refractivity contribution in [2.45, 2.75) is 18.9 Å². The standard InChI is InChI=1S/C26H26N4O7/c31-23(32)7-6-20(25(34)29-9-11-30(12-10-29)26(35)36)28-24(33)22-15-19(18-8-13-37-16-18)14-21(27-22)17-4-2-1-3-5-17/h1-5,8,13-16,20H,6-7,9-12H2,(H,28,33)(H,31,32)(H,35,36)/t20-/m0/s1. The molecule has 3 N–H and O–H groups in total. The number of furan rings is 1. The third kappa shape index (κ3) is 6.31. The van der Waals surface area contributed by atoms with Gasteiger partial charge in [0.1, 0.15) is 11.7 Å². The lowest BCUT2D eigenvalue weighted by Crippen LogP contribution is -2.55. The molecule has 0 radical (unpaired) electrons. The number of hydrogen-bond donors (Lipinski definition) is 3. The number of rotatable bonds is 8. The number of nitrogens with one attached hydrogen (secondary N) is 1. The van der Waals surface area contributed by atoms with E-state index in [9.17, 15) is 24.3 Å². The first kappa shape index (κ1) is 25.4. The number of carboxylic acid groups (broad SMARTS) is 2. The van der Waals surface area contributed by atoms with Crippen molar-refractivity contribution in [1.82, 2.24) is 20.1 Å². The molecule has 0 unspecified atom stereocenters. The summed E-state index contributed by atoms with van der Waals surface area (Å²) in [7, 11) is 0. The van der Waals surface area contributed by atoms with E-state index in [4.69, 9.17) is 9.52 Å². The average molecular weight is 507 g/mol. The topological polar surface area (TPSA) is 153 Å². The number of carbonyl (C=O) groups excluding carboxylic acids is 2. The Balaban J connectivity index is 1.59. The fraction of sp³-hybridized carbons (Fsp3) is 0.269. The molecule has 2 aromatic heterocycles. The largest absolute Gasteiger partial charge is 0.481 e. The van der Waals surface area contributed by atoms with E-state index in [0.29, 0.717) is 11.3 Å². The molecule has 1 aliphatic heterocycles. The van der Waals surface area contributed by atoms with E-state index >= 15 is 0 Å². The van der Waals surface area contributed by atoms with Crippen LogP contribution in [0.2, 0.25) is 0 Å². The van der Waals surface area contributed by atoms with Gasteiger partial charge in [0.05, 0.1) is 18.2 Å². The SMILES string of the molecule is O=C(O)CC[C@H](NC(=O)c1cc(-c2ccoc2)cc(-c2ccccc2)n1)C(=O)N1CCN(C(=O)O)CC1. The number of amides is 3. The van der Waals surface area contributed by atoms with Crippen molar-refractivity contribution in [2.75, 3.05) is 26.2 Å². The van der Waals surface area contributed by atoms with Crippen LogP contribution >= 0.6 is 0 Å². The summed E-state index contributed by atoms with van der Waals surface area (Å²) in [6.07, 6.45) is 1.54. The van der Waals surface area contributed by atoms with Crippen molar-refractivity contribution < 1.29 is 33.8 Å². The molecule has 3 amide bonds. The van der Waals surface area contributed by atoms with Crippen molar-refractivity contribution in [1.29, 1.82) is 0 Å². The minimum absolute atomic E-state index is 0.0568. The molecule has 3 heterocycles. The van der Waals surface area contributed by atoms with Gasteiger partial charge in [-0.3, -0.25) is 14.4 Å². The number of piperazine rings is 1. The molecule has 1 aromatic carbocycles. The summed E-state index contributed by atoms with van der Waals surface area (Å²) in [5, 5.41) is 21.0. The summed E-state index contributed by atoms with van der Waals surface area (Å²) < 4.78 is 5.19. The Kier molecular flexibility index (Phi) is 7.82. The van der Waals surface area contributed by atoms with E-state index < -0.39 is 29.9 Å². The van der Waals surface area contributed by atoms with Gasteiger partial charge >= 0.3 is 12.1 Å². The predicted molar refractivity (Wildman–Crippen MR) is 132 cm³/mol. The van der Waals surface area contributed by atoms with E-state index in [1.165, 1.54) is 16.1 Å². The fourth-order valence-corrected chi connectivity index (χ4v) is 4.09. The van der Waals surface area contributed by atoms with Crippen LogP contribution in [0.25, 0.3) is 22.4 Å². The van der Waals surface area contributed by atoms with Crippen LogP contribution in [0.4, 0.5) is 4.79 Å². The maximum absolute atomic E-state index is 13.3. The average Bonchev–Trinajstić information content (AvgIpc) is 3.46. The minimum Gasteiger partial charge on any atom is -0.481 e. The highest BCUT2D eigenvalue weighted by Crippen LogP contribution is 2.26. The molecule has 1 aliphatic rings. The Morgan fingerprint density at radius 1 is 0.919 bits per heavy atom. The molecule has 0 bridgehead atoms. The van der Waals surface area contributed by atoms with Crippen LogP contribution in [0.15, 0.2) is 65.5 Å². The number of benzene rings is 1. The van der Waals surface area contributed by atoms with Crippen LogP contribution in [0.3, 0.4) is 0 Å². The maximum atomic E-state index is 13.3. The Hall–Kier alpha value is -4.67. The molecule has 0 aliphatic carbocycles. The molecule has 11 nitrogen and oxygen atoms in total. The van der Waals surface area contributed by atoms with Crippen molar-refractivity contribution >= 4 is 23.9 Å². The van der Waals surface area contributed by atoms with Gasteiger partial charge in [-0.1, -0.05) is 30.3 Å². The number of carbonyl (C=O) groups is 4. The zero-order valence-electron chi connectivity index (χ0n) is 19.9. The summed E-state index contributed by atoms with van der Waals surface area (Å²) in [6, 6.07) is 13.3. The van der Waals surface area contributed by atoms with Crippen molar-refractivity contribution in [2.24, 2.45) is 0 Å². The van der Waals surface area contributed by atoms with Gasteiger partial charge in [-0.05, 0) is 30.2 Å². The molecule has 3 aromatic rings. The van der Waals surface area contributed by atoms with Crippen LogP contribution in [0, 0.1) is 0 Å². The smallest absolute Gasteiger partial charge is 0.407 e. The van der Waals surface area contributed by atoms with Gasteiger partial charge in [-0.15, -0.1) is 0 Å². The predicted octanol–water partition coefficient (Wildman–Crippen LogP) is 2.79. The summed E-state index contributed by atoms with van der Waals surface area (Å²) in [6.45, 7) is 0.568. The summed E-state index contributed by atoms with van der Waals surface area (Å²) in [5.74, 6) is -2.20. The van der Waals surface area contributed by atoms with Crippen LogP contribution in [-0.2, 0) is 9.59 Å². The van der Waals surface area contributed by atoms with Gasteiger partial charge in [0, 0.05) is 43.7 Å². The van der Waals surface area contributed by atoms with Gasteiger partial charge < -0.3 is 29.7 Å². The van der Waals surface area contributed by atoms with E-state index in [-0.39, 0.29) is 44.7 Å². The molecular formula is C26H26N4O7. The molecule has 37 heavy (non-hydrogen) atoms. The highest BCUT2D eigenvalue weighted by atomic mass is 16.4. The summed E-state index contributed by atoms with van der Waals surface area (Å²) >= 11 is 0. The second-order valence-corrected chi connectivity index (χ2v) is 8.56. The number of pyridine rings is 1. The van der Waals surface area contributed by atoms with Gasteiger partial charge in [-0.25, -0.2) is 9.78 Å². The zero-order valence-corrected chi connectivity index (χ0v) is 19.9. The number of aromatic nitrogens is 1. The van der Waals surface area contributed by atoms with Crippen molar-refractivity contribution in [3.63, 3.8) is 0 Å². The van der Waals surface area contributed by atoms with Crippen LogP contribution < -0.4 is 5.32 Å². The highest BCUT2D eigenvalue weighted by molar-refractivity contribution is 5.97. The maximum Gasteiger partial charge on any atom is 0.407 e. The third-order valence-electron chi connectivity index (χ3n) is 6.09. The molecular weight excluding hydrogens is 480 g/mol. The Morgan fingerprint density at radius 2 is 1.62 bits per heavy atom. The third-order valence-corrected chi connectivity index (χ3v) is 6.09. The number of nitrogens with zero attached hydrogens (tertiary/aromatic N) is 3. The van der Waals surface area contributed by atoms with E-state index in [2.05, 4.69) is 10.3 Å². The molecule has 0 saturated carbocycles. The minimum atomic E-state index is -1.11. The normalized spacial score (nSPS) is 14.2. The van der Waals surface area contributed by atoms with E-state index in [1.807, 2.05) is 36.4 Å². The van der Waals surface area contributed by atoms with Gasteiger partial charge in [0.2, 0.25) is 5.91 Å². The van der Waals surface area contributed by atoms with Crippen LogP contribution in [0.1, 0.15) is 23.3 Å².